The SMILES string of the molecule is CC1(C(N)=S)CCN(C(=O)Nc2cc(Cl)cc(Cl)c2)CC1. The highest BCUT2D eigenvalue weighted by Crippen LogP contribution is 2.31. The van der Waals surface area contributed by atoms with Crippen molar-refractivity contribution in [2.45, 2.75) is 19.8 Å². The summed E-state index contributed by atoms with van der Waals surface area (Å²) in [6.45, 7) is 3.28. The maximum absolute atomic E-state index is 12.2. The fourth-order valence-corrected chi connectivity index (χ4v) is 3.01. The summed E-state index contributed by atoms with van der Waals surface area (Å²) in [6, 6.07) is 4.77. The molecule has 7 heteroatoms. The van der Waals surface area contributed by atoms with Gasteiger partial charge in [-0.1, -0.05) is 42.3 Å². The molecule has 1 aliphatic heterocycles. The van der Waals surface area contributed by atoms with Gasteiger partial charge in [-0.15, -0.1) is 0 Å². The van der Waals surface area contributed by atoms with E-state index < -0.39 is 0 Å². The van der Waals surface area contributed by atoms with Crippen molar-refractivity contribution in [3.8, 4) is 0 Å². The summed E-state index contributed by atoms with van der Waals surface area (Å²) in [5.74, 6) is 0. The number of piperidine rings is 1. The van der Waals surface area contributed by atoms with E-state index in [1.165, 1.54) is 0 Å². The molecule has 0 unspecified atom stereocenters. The predicted octanol–water partition coefficient (Wildman–Crippen LogP) is 3.91. The maximum atomic E-state index is 12.2. The lowest BCUT2D eigenvalue weighted by Crippen LogP contribution is -2.47. The number of nitrogens with zero attached hydrogens (tertiary/aromatic N) is 1. The third-order valence-electron chi connectivity index (χ3n) is 3.86. The summed E-state index contributed by atoms with van der Waals surface area (Å²) in [4.78, 5) is 14.5. The second-order valence-corrected chi connectivity index (χ2v) is 6.81. The molecule has 4 nitrogen and oxygen atoms in total. The zero-order chi connectivity index (χ0) is 15.6. The van der Waals surface area contributed by atoms with E-state index >= 15 is 0 Å². The average Bonchev–Trinajstić information content (AvgIpc) is 2.37. The minimum Gasteiger partial charge on any atom is -0.393 e. The molecule has 0 spiro atoms. The smallest absolute Gasteiger partial charge is 0.321 e. The number of nitrogens with one attached hydrogen (secondary N) is 1. The molecule has 0 atom stereocenters. The molecule has 3 N–H and O–H groups in total. The first kappa shape index (κ1) is 16.3. The Morgan fingerprint density at radius 3 is 2.29 bits per heavy atom. The van der Waals surface area contributed by atoms with Gasteiger partial charge in [0.25, 0.3) is 0 Å². The van der Waals surface area contributed by atoms with Crippen LogP contribution in [0.15, 0.2) is 18.2 Å². The van der Waals surface area contributed by atoms with Gasteiger partial charge in [0.15, 0.2) is 0 Å². The van der Waals surface area contributed by atoms with Gasteiger partial charge >= 0.3 is 6.03 Å². The van der Waals surface area contributed by atoms with Crippen LogP contribution in [0.3, 0.4) is 0 Å². The summed E-state index contributed by atoms with van der Waals surface area (Å²) in [5.41, 5.74) is 6.19. The highest BCUT2D eigenvalue weighted by molar-refractivity contribution is 7.80. The largest absolute Gasteiger partial charge is 0.393 e. The number of hydrogen-bond acceptors (Lipinski definition) is 2. The van der Waals surface area contributed by atoms with Crippen molar-refractivity contribution in [3.63, 3.8) is 0 Å². The molecule has 2 rings (SSSR count). The van der Waals surface area contributed by atoms with E-state index in [2.05, 4.69) is 5.32 Å². The summed E-state index contributed by atoms with van der Waals surface area (Å²) < 4.78 is 0. The number of rotatable bonds is 2. The number of hydrogen-bond donors (Lipinski definition) is 2. The van der Waals surface area contributed by atoms with Gasteiger partial charge in [0.05, 0.1) is 4.99 Å². The van der Waals surface area contributed by atoms with Crippen LogP contribution < -0.4 is 11.1 Å². The Morgan fingerprint density at radius 2 is 1.81 bits per heavy atom. The molecule has 1 heterocycles. The molecule has 0 bridgehead atoms. The van der Waals surface area contributed by atoms with Crippen LogP contribution in [0.25, 0.3) is 0 Å². The third-order valence-corrected chi connectivity index (χ3v) is 4.79. The second kappa shape index (κ2) is 6.38. The van der Waals surface area contributed by atoms with Crippen LogP contribution >= 0.6 is 35.4 Å². The number of likely N-dealkylation sites (tertiary alicyclic amines) is 1. The third kappa shape index (κ3) is 3.99. The Bertz CT molecular complexity index is 551. The monoisotopic (exact) mass is 345 g/mol. The van der Waals surface area contributed by atoms with Crippen LogP contribution in [0.5, 0.6) is 0 Å². The lowest BCUT2D eigenvalue weighted by molar-refractivity contribution is 0.171. The minimum absolute atomic E-state index is 0.161. The summed E-state index contributed by atoms with van der Waals surface area (Å²) in [7, 11) is 0. The molecule has 2 amide bonds. The Kier molecular flexibility index (Phi) is 4.96. The van der Waals surface area contributed by atoms with Crippen molar-refractivity contribution in [1.29, 1.82) is 0 Å². The zero-order valence-electron chi connectivity index (χ0n) is 11.7. The summed E-state index contributed by atoms with van der Waals surface area (Å²) in [6.07, 6.45) is 1.54. The van der Waals surface area contributed by atoms with Crippen molar-refractivity contribution in [1.82, 2.24) is 4.90 Å². The first-order chi connectivity index (χ1) is 9.80. The van der Waals surface area contributed by atoms with E-state index in [0.29, 0.717) is 33.8 Å². The van der Waals surface area contributed by atoms with Crippen LogP contribution in [0.4, 0.5) is 10.5 Å². The molecule has 0 aromatic heterocycles. The van der Waals surface area contributed by atoms with E-state index in [1.807, 2.05) is 6.92 Å². The quantitative estimate of drug-likeness (QED) is 0.798. The van der Waals surface area contributed by atoms with Gasteiger partial charge in [0.2, 0.25) is 0 Å². The molecule has 1 saturated heterocycles. The number of carbonyl (C=O) groups is 1. The number of amides is 2. The molecule has 1 aromatic carbocycles. The fraction of sp³-hybridized carbons (Fsp3) is 0.429. The Labute approximate surface area is 139 Å². The van der Waals surface area contributed by atoms with Crippen molar-refractivity contribution in [2.75, 3.05) is 18.4 Å². The summed E-state index contributed by atoms with van der Waals surface area (Å²) >= 11 is 16.9. The lowest BCUT2D eigenvalue weighted by Gasteiger charge is -2.38. The van der Waals surface area contributed by atoms with Gasteiger partial charge in [-0.05, 0) is 31.0 Å². The number of benzene rings is 1. The first-order valence-electron chi connectivity index (χ1n) is 6.62. The Hall–Kier alpha value is -1.04. The van der Waals surface area contributed by atoms with E-state index in [0.717, 1.165) is 12.8 Å². The number of halogens is 2. The number of urea groups is 1. The van der Waals surface area contributed by atoms with Gasteiger partial charge < -0.3 is 16.0 Å². The second-order valence-electron chi connectivity index (χ2n) is 5.50. The van der Waals surface area contributed by atoms with Gasteiger partial charge in [0, 0.05) is 34.2 Å². The molecule has 0 aliphatic carbocycles. The van der Waals surface area contributed by atoms with Crippen LogP contribution in [-0.2, 0) is 0 Å². The molecule has 1 fully saturated rings. The normalized spacial score (nSPS) is 17.4. The van der Waals surface area contributed by atoms with Crippen LogP contribution in [-0.4, -0.2) is 29.0 Å². The van der Waals surface area contributed by atoms with E-state index in [9.17, 15) is 4.79 Å². The van der Waals surface area contributed by atoms with Crippen molar-refractivity contribution < 1.29 is 4.79 Å². The van der Waals surface area contributed by atoms with Gasteiger partial charge in [0.1, 0.15) is 0 Å². The van der Waals surface area contributed by atoms with Gasteiger partial charge in [-0.2, -0.15) is 0 Å². The topological polar surface area (TPSA) is 58.4 Å². The van der Waals surface area contributed by atoms with E-state index in [4.69, 9.17) is 41.2 Å². The fourth-order valence-electron chi connectivity index (χ4n) is 2.28. The number of anilines is 1. The van der Waals surface area contributed by atoms with Crippen LogP contribution in [0.1, 0.15) is 19.8 Å². The Morgan fingerprint density at radius 1 is 1.29 bits per heavy atom. The zero-order valence-corrected chi connectivity index (χ0v) is 14.0. The highest BCUT2D eigenvalue weighted by Gasteiger charge is 2.34. The summed E-state index contributed by atoms with van der Waals surface area (Å²) in [5, 5.41) is 3.77. The van der Waals surface area contributed by atoms with E-state index in [-0.39, 0.29) is 11.4 Å². The van der Waals surface area contributed by atoms with Gasteiger partial charge in [-0.3, -0.25) is 0 Å². The van der Waals surface area contributed by atoms with Crippen LogP contribution in [0.2, 0.25) is 10.0 Å². The highest BCUT2D eigenvalue weighted by atomic mass is 35.5. The molecule has 0 radical (unpaired) electrons. The minimum atomic E-state index is -0.168. The number of nitrogens with two attached hydrogens (primary N) is 1. The molecule has 0 saturated carbocycles. The van der Waals surface area contributed by atoms with Crippen molar-refractivity contribution in [3.05, 3.63) is 28.2 Å². The number of thiocarbonyl (C=S) groups is 1. The average molecular weight is 346 g/mol. The molecule has 1 aliphatic rings. The predicted molar refractivity (Wildman–Crippen MR) is 91.2 cm³/mol. The van der Waals surface area contributed by atoms with Gasteiger partial charge in [-0.25, -0.2) is 4.79 Å². The number of carbonyl (C=O) groups excluding carboxylic acids is 1. The maximum Gasteiger partial charge on any atom is 0.321 e. The molecule has 1 aromatic rings. The Balaban J connectivity index is 1.98. The lowest BCUT2D eigenvalue weighted by atomic mass is 9.80. The molecular weight excluding hydrogens is 329 g/mol. The standard InChI is InChI=1S/C14H17Cl2N3OS/c1-14(12(17)21)2-4-19(5-3-14)13(20)18-11-7-9(15)6-10(16)8-11/h6-8H,2-5H2,1H3,(H2,17,21)(H,18,20). The molecule has 21 heavy (non-hydrogen) atoms. The molecule has 114 valence electrons. The van der Waals surface area contributed by atoms with Crippen molar-refractivity contribution in [2.24, 2.45) is 11.1 Å². The van der Waals surface area contributed by atoms with Crippen molar-refractivity contribution >= 4 is 52.1 Å². The van der Waals surface area contributed by atoms with Crippen LogP contribution in [0, 0.1) is 5.41 Å². The molecular formula is C14H17Cl2N3OS. The van der Waals surface area contributed by atoms with E-state index in [1.54, 1.807) is 23.1 Å². The first-order valence-corrected chi connectivity index (χ1v) is 7.78.